The Morgan fingerprint density at radius 3 is 2.76 bits per heavy atom. The Labute approximate surface area is 200 Å². The van der Waals surface area contributed by atoms with Crippen molar-refractivity contribution in [2.75, 3.05) is 13.2 Å². The third kappa shape index (κ3) is 6.21. The third-order valence-electron chi connectivity index (χ3n) is 6.22. The number of carbonyl (C=O) groups excluding carboxylic acids is 1. The van der Waals surface area contributed by atoms with E-state index in [-0.39, 0.29) is 12.3 Å². The Bertz CT molecular complexity index is 1060. The van der Waals surface area contributed by atoms with E-state index in [0.29, 0.717) is 19.2 Å². The minimum absolute atomic E-state index is 0.00825. The van der Waals surface area contributed by atoms with Gasteiger partial charge in [-0.15, -0.1) is 11.3 Å². The molecule has 5 nitrogen and oxygen atoms in total. The summed E-state index contributed by atoms with van der Waals surface area (Å²) >= 11 is 1.54. The SMILES string of the molecule is CCOc1ccccc1-c1nc(CC(=O)NCc2ccccc2CN2CCCCC2C)cs1. The highest BCUT2D eigenvalue weighted by atomic mass is 32.1. The summed E-state index contributed by atoms with van der Waals surface area (Å²) in [6, 6.07) is 17.0. The van der Waals surface area contributed by atoms with Crippen molar-refractivity contribution in [1.29, 1.82) is 0 Å². The van der Waals surface area contributed by atoms with Crippen LogP contribution in [-0.4, -0.2) is 35.0 Å². The molecule has 4 rings (SSSR count). The molecule has 2 heterocycles. The number of benzene rings is 2. The summed E-state index contributed by atoms with van der Waals surface area (Å²) in [5.74, 6) is 0.816. The maximum atomic E-state index is 12.7. The second kappa shape index (κ2) is 11.4. The number of amides is 1. The first-order chi connectivity index (χ1) is 16.1. The lowest BCUT2D eigenvalue weighted by atomic mass is 10.0. The van der Waals surface area contributed by atoms with Crippen molar-refractivity contribution >= 4 is 17.2 Å². The van der Waals surface area contributed by atoms with E-state index in [4.69, 9.17) is 9.72 Å². The molecule has 0 bridgehead atoms. The van der Waals surface area contributed by atoms with E-state index in [9.17, 15) is 4.79 Å². The second-order valence-electron chi connectivity index (χ2n) is 8.61. The van der Waals surface area contributed by atoms with E-state index in [1.807, 2.05) is 42.6 Å². The maximum absolute atomic E-state index is 12.7. The molecule has 1 unspecified atom stereocenters. The fraction of sp³-hybridized carbons (Fsp3) is 0.407. The molecule has 6 heteroatoms. The zero-order valence-corrected chi connectivity index (χ0v) is 20.4. The molecule has 1 saturated heterocycles. The smallest absolute Gasteiger partial charge is 0.226 e. The predicted molar refractivity (Wildman–Crippen MR) is 134 cm³/mol. The van der Waals surface area contributed by atoms with Gasteiger partial charge in [0.1, 0.15) is 10.8 Å². The van der Waals surface area contributed by atoms with Gasteiger partial charge in [0.25, 0.3) is 0 Å². The number of piperidine rings is 1. The van der Waals surface area contributed by atoms with Crippen LogP contribution in [0.5, 0.6) is 5.75 Å². The van der Waals surface area contributed by atoms with Gasteiger partial charge in [-0.3, -0.25) is 9.69 Å². The Balaban J connectivity index is 1.35. The molecule has 0 aliphatic carbocycles. The van der Waals surface area contributed by atoms with Gasteiger partial charge in [-0.2, -0.15) is 0 Å². The topological polar surface area (TPSA) is 54.5 Å². The molecule has 3 aromatic rings. The first kappa shape index (κ1) is 23.5. The van der Waals surface area contributed by atoms with E-state index in [2.05, 4.69) is 35.3 Å². The van der Waals surface area contributed by atoms with Crippen molar-refractivity contribution in [3.8, 4) is 16.3 Å². The number of nitrogens with zero attached hydrogens (tertiary/aromatic N) is 2. The predicted octanol–water partition coefficient (Wildman–Crippen LogP) is 5.44. The van der Waals surface area contributed by atoms with Crippen LogP contribution in [0.15, 0.2) is 53.9 Å². The number of para-hydroxylation sites is 1. The van der Waals surface area contributed by atoms with Gasteiger partial charge >= 0.3 is 0 Å². The molecule has 0 radical (unpaired) electrons. The van der Waals surface area contributed by atoms with Gasteiger partial charge in [-0.05, 0) is 56.5 Å². The van der Waals surface area contributed by atoms with Gasteiger partial charge < -0.3 is 10.1 Å². The lowest BCUT2D eigenvalue weighted by Gasteiger charge is -2.33. The van der Waals surface area contributed by atoms with Crippen LogP contribution < -0.4 is 10.1 Å². The molecular formula is C27H33N3O2S. The van der Waals surface area contributed by atoms with Crippen LogP contribution in [0.3, 0.4) is 0 Å². The van der Waals surface area contributed by atoms with Crippen molar-refractivity contribution in [1.82, 2.24) is 15.2 Å². The molecule has 33 heavy (non-hydrogen) atoms. The molecule has 0 saturated carbocycles. The average Bonchev–Trinajstić information content (AvgIpc) is 3.29. The molecule has 1 fully saturated rings. The van der Waals surface area contributed by atoms with Gasteiger partial charge in [0.2, 0.25) is 5.91 Å². The standard InChI is InChI=1S/C27H33N3O2S/c1-3-32-25-14-7-6-13-24(25)27-29-23(19-33-27)16-26(31)28-17-21-11-4-5-12-22(21)18-30-15-9-8-10-20(30)2/h4-7,11-14,19-20H,3,8-10,15-18H2,1-2H3,(H,28,31). The highest BCUT2D eigenvalue weighted by molar-refractivity contribution is 7.13. The van der Waals surface area contributed by atoms with Gasteiger partial charge in [0.15, 0.2) is 0 Å². The summed E-state index contributed by atoms with van der Waals surface area (Å²) in [7, 11) is 0. The van der Waals surface area contributed by atoms with Crippen LogP contribution in [0.25, 0.3) is 10.6 Å². The van der Waals surface area contributed by atoms with E-state index in [1.54, 1.807) is 11.3 Å². The molecule has 1 atom stereocenters. The lowest BCUT2D eigenvalue weighted by molar-refractivity contribution is -0.120. The number of rotatable bonds is 9. The Kier molecular flexibility index (Phi) is 8.13. The average molecular weight is 464 g/mol. The summed E-state index contributed by atoms with van der Waals surface area (Å²) in [6.07, 6.45) is 4.14. The number of likely N-dealkylation sites (tertiary alicyclic amines) is 1. The minimum Gasteiger partial charge on any atom is -0.493 e. The Morgan fingerprint density at radius 2 is 1.94 bits per heavy atom. The van der Waals surface area contributed by atoms with Crippen LogP contribution in [0.1, 0.15) is 49.9 Å². The molecule has 174 valence electrons. The van der Waals surface area contributed by atoms with Crippen LogP contribution in [-0.2, 0) is 24.3 Å². The molecule has 1 N–H and O–H groups in total. The first-order valence-corrected chi connectivity index (χ1v) is 12.8. The third-order valence-corrected chi connectivity index (χ3v) is 7.14. The highest BCUT2D eigenvalue weighted by Crippen LogP contribution is 2.32. The molecule has 1 amide bonds. The van der Waals surface area contributed by atoms with Crippen molar-refractivity contribution < 1.29 is 9.53 Å². The molecule has 1 aliphatic heterocycles. The number of thiazole rings is 1. The Hall–Kier alpha value is -2.70. The molecule has 1 aliphatic rings. The monoisotopic (exact) mass is 463 g/mol. The van der Waals surface area contributed by atoms with Gasteiger partial charge in [-0.1, -0.05) is 42.8 Å². The van der Waals surface area contributed by atoms with Crippen molar-refractivity contribution in [3.05, 3.63) is 70.7 Å². The molecule has 1 aromatic heterocycles. The number of aromatic nitrogens is 1. The minimum atomic E-state index is -0.00825. The fourth-order valence-electron chi connectivity index (χ4n) is 4.35. The fourth-order valence-corrected chi connectivity index (χ4v) is 5.20. The zero-order chi connectivity index (χ0) is 23.0. The van der Waals surface area contributed by atoms with Crippen molar-refractivity contribution in [2.45, 2.75) is 58.7 Å². The van der Waals surface area contributed by atoms with Gasteiger partial charge in [-0.25, -0.2) is 4.98 Å². The summed E-state index contributed by atoms with van der Waals surface area (Å²) < 4.78 is 5.73. The van der Waals surface area contributed by atoms with Gasteiger partial charge in [0.05, 0.1) is 24.3 Å². The highest BCUT2D eigenvalue weighted by Gasteiger charge is 2.19. The van der Waals surface area contributed by atoms with Crippen LogP contribution in [0.2, 0.25) is 0 Å². The van der Waals surface area contributed by atoms with E-state index in [0.717, 1.165) is 35.1 Å². The van der Waals surface area contributed by atoms with Gasteiger partial charge in [0, 0.05) is 24.5 Å². The number of ether oxygens (including phenoxy) is 1. The molecule has 0 spiro atoms. The lowest BCUT2D eigenvalue weighted by Crippen LogP contribution is -2.37. The summed E-state index contributed by atoms with van der Waals surface area (Å²) in [5, 5.41) is 5.94. The maximum Gasteiger partial charge on any atom is 0.226 e. The number of nitrogens with one attached hydrogen (secondary N) is 1. The Morgan fingerprint density at radius 1 is 1.15 bits per heavy atom. The summed E-state index contributed by atoms with van der Waals surface area (Å²) in [4.78, 5) is 19.9. The van der Waals surface area contributed by atoms with Crippen LogP contribution in [0.4, 0.5) is 0 Å². The zero-order valence-electron chi connectivity index (χ0n) is 19.5. The number of carbonyl (C=O) groups is 1. The van der Waals surface area contributed by atoms with E-state index in [1.165, 1.54) is 30.4 Å². The normalized spacial score (nSPS) is 16.5. The quantitative estimate of drug-likeness (QED) is 0.459. The van der Waals surface area contributed by atoms with E-state index < -0.39 is 0 Å². The summed E-state index contributed by atoms with van der Waals surface area (Å²) in [5.41, 5.74) is 4.24. The summed E-state index contributed by atoms with van der Waals surface area (Å²) in [6.45, 7) is 7.54. The molecular weight excluding hydrogens is 430 g/mol. The molecule has 2 aromatic carbocycles. The largest absolute Gasteiger partial charge is 0.493 e. The second-order valence-corrected chi connectivity index (χ2v) is 9.47. The van der Waals surface area contributed by atoms with Crippen molar-refractivity contribution in [3.63, 3.8) is 0 Å². The van der Waals surface area contributed by atoms with Crippen LogP contribution in [0, 0.1) is 0 Å². The van der Waals surface area contributed by atoms with Crippen molar-refractivity contribution in [2.24, 2.45) is 0 Å². The number of hydrogen-bond acceptors (Lipinski definition) is 5. The number of hydrogen-bond donors (Lipinski definition) is 1. The van der Waals surface area contributed by atoms with Crippen LogP contribution >= 0.6 is 11.3 Å². The first-order valence-electron chi connectivity index (χ1n) is 11.9. The van der Waals surface area contributed by atoms with E-state index >= 15 is 0 Å².